The normalized spacial score (nSPS) is 18.9. The zero-order valence-corrected chi connectivity index (χ0v) is 11.7. The number of Topliss-reactive ketones (excluding diaryl/α,β-unsaturated/α-hetero) is 1. The molecule has 0 radical (unpaired) electrons. The molecule has 1 unspecified atom stereocenters. The van der Waals surface area contributed by atoms with Gasteiger partial charge in [-0.05, 0) is 30.1 Å². The van der Waals surface area contributed by atoms with E-state index in [0.717, 1.165) is 18.8 Å². The molecule has 1 atom stereocenters. The molecule has 0 aromatic carbocycles. The van der Waals surface area contributed by atoms with Crippen molar-refractivity contribution >= 4 is 5.78 Å². The van der Waals surface area contributed by atoms with Crippen LogP contribution in [-0.4, -0.2) is 5.78 Å². The van der Waals surface area contributed by atoms with E-state index < -0.39 is 0 Å². The second-order valence-corrected chi connectivity index (χ2v) is 7.00. The number of hydrogen-bond donors (Lipinski definition) is 0. The fourth-order valence-electron chi connectivity index (χ4n) is 2.43. The zero-order chi connectivity index (χ0) is 12.3. The summed E-state index contributed by atoms with van der Waals surface area (Å²) in [6.07, 6.45) is 5.93. The molecule has 0 N–H and O–H groups in total. The lowest BCUT2D eigenvalue weighted by Gasteiger charge is -2.30. The predicted molar refractivity (Wildman–Crippen MR) is 69.4 cm³/mol. The molecule has 0 aromatic rings. The summed E-state index contributed by atoms with van der Waals surface area (Å²) < 4.78 is 0. The van der Waals surface area contributed by atoms with Gasteiger partial charge in [0, 0.05) is 12.3 Å². The molecule has 1 aliphatic carbocycles. The molecule has 0 saturated heterocycles. The maximum atomic E-state index is 12.2. The van der Waals surface area contributed by atoms with E-state index in [1.54, 1.807) is 0 Å². The molecule has 1 rings (SSSR count). The van der Waals surface area contributed by atoms with Gasteiger partial charge in [0.05, 0.1) is 0 Å². The Kier molecular flexibility index (Phi) is 4.58. The first kappa shape index (κ1) is 13.7. The van der Waals surface area contributed by atoms with Crippen LogP contribution in [0.3, 0.4) is 0 Å². The van der Waals surface area contributed by atoms with E-state index in [1.165, 1.54) is 19.3 Å². The molecule has 0 heterocycles. The quantitative estimate of drug-likeness (QED) is 0.651. The van der Waals surface area contributed by atoms with Gasteiger partial charge in [0.2, 0.25) is 0 Å². The Morgan fingerprint density at radius 2 is 1.81 bits per heavy atom. The third-order valence-corrected chi connectivity index (χ3v) is 3.60. The summed E-state index contributed by atoms with van der Waals surface area (Å²) in [6.45, 7) is 10.9. The Hall–Kier alpha value is -0.330. The monoisotopic (exact) mass is 224 g/mol. The lowest BCUT2D eigenvalue weighted by Crippen LogP contribution is -2.29. The van der Waals surface area contributed by atoms with Crippen LogP contribution in [0.4, 0.5) is 0 Å². The molecule has 16 heavy (non-hydrogen) atoms. The van der Waals surface area contributed by atoms with Crippen LogP contribution in [0.5, 0.6) is 0 Å². The van der Waals surface area contributed by atoms with Gasteiger partial charge < -0.3 is 0 Å². The SMILES string of the molecule is CC(C)CC(=O)C(CCC1CC1)C(C)(C)C. The van der Waals surface area contributed by atoms with Gasteiger partial charge >= 0.3 is 0 Å². The average Bonchev–Trinajstić information content (AvgIpc) is 2.83. The highest BCUT2D eigenvalue weighted by atomic mass is 16.1. The Morgan fingerprint density at radius 1 is 1.25 bits per heavy atom. The van der Waals surface area contributed by atoms with Gasteiger partial charge in [0.1, 0.15) is 5.78 Å². The third-order valence-electron chi connectivity index (χ3n) is 3.60. The largest absolute Gasteiger partial charge is 0.299 e. The van der Waals surface area contributed by atoms with Gasteiger partial charge in [-0.25, -0.2) is 0 Å². The molecule has 1 fully saturated rings. The summed E-state index contributed by atoms with van der Waals surface area (Å²) in [5.74, 6) is 2.20. The van der Waals surface area contributed by atoms with Gasteiger partial charge in [-0.3, -0.25) is 4.79 Å². The molecule has 0 aliphatic heterocycles. The van der Waals surface area contributed by atoms with Crippen LogP contribution in [0.25, 0.3) is 0 Å². The number of ketones is 1. The minimum absolute atomic E-state index is 0.140. The average molecular weight is 224 g/mol. The van der Waals surface area contributed by atoms with Crippen LogP contribution >= 0.6 is 0 Å². The Balaban J connectivity index is 2.51. The first-order valence-corrected chi connectivity index (χ1v) is 6.83. The zero-order valence-electron chi connectivity index (χ0n) is 11.7. The number of carbonyl (C=O) groups excluding carboxylic acids is 1. The van der Waals surface area contributed by atoms with E-state index in [4.69, 9.17) is 0 Å². The Labute approximate surface area is 101 Å². The second kappa shape index (κ2) is 5.33. The van der Waals surface area contributed by atoms with Crippen LogP contribution in [0.2, 0.25) is 0 Å². The highest BCUT2D eigenvalue weighted by Crippen LogP contribution is 2.39. The standard InChI is InChI=1S/C15H28O/c1-11(2)10-14(16)13(15(3,4)5)9-8-12-6-7-12/h11-13H,6-10H2,1-5H3. The third kappa shape index (κ3) is 4.67. The summed E-state index contributed by atoms with van der Waals surface area (Å²) >= 11 is 0. The number of rotatable bonds is 6. The summed E-state index contributed by atoms with van der Waals surface area (Å²) in [5, 5.41) is 0. The van der Waals surface area contributed by atoms with Crippen LogP contribution in [0, 0.1) is 23.2 Å². The maximum absolute atomic E-state index is 12.2. The minimum atomic E-state index is 0.140. The molecule has 94 valence electrons. The van der Waals surface area contributed by atoms with Crippen molar-refractivity contribution in [1.82, 2.24) is 0 Å². The van der Waals surface area contributed by atoms with Crippen molar-refractivity contribution in [3.63, 3.8) is 0 Å². The van der Waals surface area contributed by atoms with Crippen molar-refractivity contribution in [3.05, 3.63) is 0 Å². The van der Waals surface area contributed by atoms with E-state index in [-0.39, 0.29) is 11.3 Å². The van der Waals surface area contributed by atoms with Crippen molar-refractivity contribution < 1.29 is 4.79 Å². The maximum Gasteiger partial charge on any atom is 0.136 e. The van der Waals surface area contributed by atoms with Gasteiger partial charge in [0.15, 0.2) is 0 Å². The van der Waals surface area contributed by atoms with Crippen molar-refractivity contribution in [3.8, 4) is 0 Å². The second-order valence-electron chi connectivity index (χ2n) is 7.00. The van der Waals surface area contributed by atoms with Crippen molar-refractivity contribution in [1.29, 1.82) is 0 Å². The molecule has 1 heteroatoms. The van der Waals surface area contributed by atoms with Crippen LogP contribution in [-0.2, 0) is 4.79 Å². The predicted octanol–water partition coefficient (Wildman–Crippen LogP) is 4.45. The molecular formula is C15H28O. The first-order chi connectivity index (χ1) is 7.30. The van der Waals surface area contributed by atoms with Gasteiger partial charge in [-0.15, -0.1) is 0 Å². The Bertz CT molecular complexity index is 230. The summed E-state index contributed by atoms with van der Waals surface area (Å²) in [4.78, 5) is 12.2. The molecule has 1 aliphatic rings. The van der Waals surface area contributed by atoms with E-state index in [1.807, 2.05) is 0 Å². The van der Waals surface area contributed by atoms with Crippen LogP contribution in [0.1, 0.15) is 66.7 Å². The highest BCUT2D eigenvalue weighted by Gasteiger charge is 2.32. The number of hydrogen-bond acceptors (Lipinski definition) is 1. The first-order valence-electron chi connectivity index (χ1n) is 6.83. The van der Waals surface area contributed by atoms with Gasteiger partial charge in [0.25, 0.3) is 0 Å². The molecule has 1 saturated carbocycles. The molecule has 1 nitrogen and oxygen atoms in total. The lowest BCUT2D eigenvalue weighted by atomic mass is 9.73. The molecule has 0 spiro atoms. The highest BCUT2D eigenvalue weighted by molar-refractivity contribution is 5.81. The van der Waals surface area contributed by atoms with Crippen molar-refractivity contribution in [2.45, 2.75) is 66.7 Å². The topological polar surface area (TPSA) is 17.1 Å². The summed E-state index contributed by atoms with van der Waals surface area (Å²) in [6, 6.07) is 0. The minimum Gasteiger partial charge on any atom is -0.299 e. The fourth-order valence-corrected chi connectivity index (χ4v) is 2.43. The molecule has 0 amide bonds. The Morgan fingerprint density at radius 3 is 2.19 bits per heavy atom. The van der Waals surface area contributed by atoms with E-state index in [9.17, 15) is 4.79 Å². The summed E-state index contributed by atoms with van der Waals surface area (Å²) in [5.41, 5.74) is 0.140. The van der Waals surface area contributed by atoms with Crippen LogP contribution < -0.4 is 0 Å². The summed E-state index contributed by atoms with van der Waals surface area (Å²) in [7, 11) is 0. The molecule has 0 aromatic heterocycles. The van der Waals surface area contributed by atoms with Crippen molar-refractivity contribution in [2.75, 3.05) is 0 Å². The van der Waals surface area contributed by atoms with Gasteiger partial charge in [-0.1, -0.05) is 47.5 Å². The number of carbonyl (C=O) groups is 1. The van der Waals surface area contributed by atoms with Crippen LogP contribution in [0.15, 0.2) is 0 Å². The van der Waals surface area contributed by atoms with Crippen molar-refractivity contribution in [2.24, 2.45) is 23.2 Å². The van der Waals surface area contributed by atoms with E-state index in [2.05, 4.69) is 34.6 Å². The van der Waals surface area contributed by atoms with E-state index >= 15 is 0 Å². The molecule has 0 bridgehead atoms. The molecular weight excluding hydrogens is 196 g/mol. The smallest absolute Gasteiger partial charge is 0.136 e. The van der Waals surface area contributed by atoms with E-state index in [0.29, 0.717) is 11.7 Å². The van der Waals surface area contributed by atoms with Gasteiger partial charge in [-0.2, -0.15) is 0 Å². The lowest BCUT2D eigenvalue weighted by molar-refractivity contribution is -0.127. The fraction of sp³-hybridized carbons (Fsp3) is 0.933.